The largest absolute Gasteiger partial charge is 0.356 e. The number of nitrogens with two attached hydrogens (primary N) is 1. The number of rotatable bonds is 10. The fourth-order valence-corrected chi connectivity index (χ4v) is 3.15. The Labute approximate surface area is 130 Å². The zero-order valence-electron chi connectivity index (χ0n) is 13.2. The Morgan fingerprint density at radius 3 is 2.35 bits per heavy atom. The molecule has 0 bridgehead atoms. The van der Waals surface area contributed by atoms with Crippen LogP contribution < -0.4 is 11.1 Å². The van der Waals surface area contributed by atoms with E-state index in [9.17, 15) is 4.79 Å². The van der Waals surface area contributed by atoms with Gasteiger partial charge in [-0.2, -0.15) is 0 Å². The number of nitrogens with one attached hydrogen (secondary N) is 1. The second-order valence-corrected chi connectivity index (χ2v) is 6.68. The molecule has 120 valence electrons. The number of unbranched alkanes of at least 4 members (excludes halogenated alkanes) is 3. The molecule has 1 aliphatic carbocycles. The third kappa shape index (κ3) is 7.49. The predicted octanol–water partition coefficient (Wildman–Crippen LogP) is 3.65. The molecule has 0 atom stereocenters. The lowest BCUT2D eigenvalue weighted by Crippen LogP contribution is -2.42. The van der Waals surface area contributed by atoms with E-state index in [0.29, 0.717) is 11.8 Å². The van der Waals surface area contributed by atoms with E-state index in [1.807, 2.05) is 0 Å². The van der Waals surface area contributed by atoms with E-state index in [4.69, 9.17) is 5.73 Å². The highest BCUT2D eigenvalue weighted by molar-refractivity contribution is 5.85. The van der Waals surface area contributed by atoms with Gasteiger partial charge in [-0.05, 0) is 50.0 Å². The molecule has 0 spiro atoms. The standard InChI is InChI=1S/C16H32N2O.ClH/c1-14(2)12-16(9-7-10-16)13-18-15(19)8-5-3-4-6-11-17;/h14H,3-13,17H2,1-2H3,(H,18,19);1H. The average Bonchev–Trinajstić information content (AvgIpc) is 2.31. The van der Waals surface area contributed by atoms with Crippen LogP contribution in [-0.4, -0.2) is 19.0 Å². The van der Waals surface area contributed by atoms with Crippen LogP contribution in [0.15, 0.2) is 0 Å². The molecule has 0 saturated heterocycles. The predicted molar refractivity (Wildman–Crippen MR) is 88.1 cm³/mol. The van der Waals surface area contributed by atoms with E-state index in [0.717, 1.165) is 44.7 Å². The van der Waals surface area contributed by atoms with Crippen LogP contribution in [-0.2, 0) is 4.79 Å². The Kier molecular flexibility index (Phi) is 10.3. The highest BCUT2D eigenvalue weighted by Gasteiger charge is 2.37. The summed E-state index contributed by atoms with van der Waals surface area (Å²) in [4.78, 5) is 11.8. The molecule has 0 radical (unpaired) electrons. The zero-order valence-corrected chi connectivity index (χ0v) is 14.1. The summed E-state index contributed by atoms with van der Waals surface area (Å²) < 4.78 is 0. The lowest BCUT2D eigenvalue weighted by Gasteiger charge is -2.43. The van der Waals surface area contributed by atoms with Gasteiger partial charge in [-0.3, -0.25) is 4.79 Å². The summed E-state index contributed by atoms with van der Waals surface area (Å²) in [7, 11) is 0. The number of halogens is 1. The first-order valence-corrected chi connectivity index (χ1v) is 8.05. The maximum Gasteiger partial charge on any atom is 0.220 e. The van der Waals surface area contributed by atoms with Crippen molar-refractivity contribution < 1.29 is 4.79 Å². The Hall–Kier alpha value is -0.280. The van der Waals surface area contributed by atoms with Gasteiger partial charge in [0.1, 0.15) is 0 Å². The van der Waals surface area contributed by atoms with Crippen molar-refractivity contribution in [2.24, 2.45) is 17.1 Å². The van der Waals surface area contributed by atoms with Gasteiger partial charge >= 0.3 is 0 Å². The van der Waals surface area contributed by atoms with Crippen LogP contribution in [0.2, 0.25) is 0 Å². The van der Waals surface area contributed by atoms with E-state index >= 15 is 0 Å². The van der Waals surface area contributed by atoms with Crippen molar-refractivity contribution in [3.8, 4) is 0 Å². The molecule has 0 unspecified atom stereocenters. The van der Waals surface area contributed by atoms with E-state index in [1.165, 1.54) is 25.7 Å². The summed E-state index contributed by atoms with van der Waals surface area (Å²) in [5.74, 6) is 0.969. The second-order valence-electron chi connectivity index (χ2n) is 6.68. The third-order valence-corrected chi connectivity index (χ3v) is 4.27. The third-order valence-electron chi connectivity index (χ3n) is 4.27. The first-order chi connectivity index (χ1) is 9.08. The van der Waals surface area contributed by atoms with E-state index in [-0.39, 0.29) is 18.3 Å². The Bertz CT molecular complexity index is 265. The molecule has 1 saturated carbocycles. The number of amides is 1. The fourth-order valence-electron chi connectivity index (χ4n) is 3.15. The molecule has 3 N–H and O–H groups in total. The van der Waals surface area contributed by atoms with Crippen molar-refractivity contribution in [1.82, 2.24) is 5.32 Å². The van der Waals surface area contributed by atoms with Crippen molar-refractivity contribution in [2.75, 3.05) is 13.1 Å². The highest BCUT2D eigenvalue weighted by Crippen LogP contribution is 2.45. The SMILES string of the molecule is CC(C)CC1(CNC(=O)CCCCCCN)CCC1.Cl. The summed E-state index contributed by atoms with van der Waals surface area (Å²) >= 11 is 0. The van der Waals surface area contributed by atoms with Crippen molar-refractivity contribution in [2.45, 2.75) is 71.6 Å². The van der Waals surface area contributed by atoms with E-state index in [1.54, 1.807) is 0 Å². The van der Waals surface area contributed by atoms with Gasteiger partial charge in [0.25, 0.3) is 0 Å². The molecule has 1 rings (SSSR count). The molecule has 0 aliphatic heterocycles. The van der Waals surface area contributed by atoms with Gasteiger partial charge < -0.3 is 11.1 Å². The van der Waals surface area contributed by atoms with Crippen molar-refractivity contribution >= 4 is 18.3 Å². The van der Waals surface area contributed by atoms with Crippen molar-refractivity contribution in [3.05, 3.63) is 0 Å². The topological polar surface area (TPSA) is 55.1 Å². The van der Waals surface area contributed by atoms with Gasteiger partial charge in [0.05, 0.1) is 0 Å². The molecular weight excluding hydrogens is 272 g/mol. The Balaban J connectivity index is 0.00000361. The van der Waals surface area contributed by atoms with Crippen LogP contribution >= 0.6 is 12.4 Å². The molecule has 4 heteroatoms. The number of hydrogen-bond donors (Lipinski definition) is 2. The summed E-state index contributed by atoms with van der Waals surface area (Å²) in [6.45, 7) is 6.22. The molecule has 1 aliphatic rings. The second kappa shape index (κ2) is 10.4. The number of carbonyl (C=O) groups is 1. The fraction of sp³-hybridized carbons (Fsp3) is 0.938. The summed E-state index contributed by atoms with van der Waals surface area (Å²) in [5, 5.41) is 3.16. The van der Waals surface area contributed by atoms with E-state index < -0.39 is 0 Å². The monoisotopic (exact) mass is 304 g/mol. The molecule has 1 amide bonds. The smallest absolute Gasteiger partial charge is 0.220 e. The molecule has 3 nitrogen and oxygen atoms in total. The lowest BCUT2D eigenvalue weighted by atomic mass is 9.64. The van der Waals surface area contributed by atoms with Gasteiger partial charge in [-0.15, -0.1) is 12.4 Å². The van der Waals surface area contributed by atoms with Crippen LogP contribution in [0, 0.1) is 11.3 Å². The van der Waals surface area contributed by atoms with Crippen LogP contribution in [0.25, 0.3) is 0 Å². The van der Waals surface area contributed by atoms with Crippen LogP contribution in [0.4, 0.5) is 0 Å². The number of carbonyl (C=O) groups excluding carboxylic acids is 1. The van der Waals surface area contributed by atoms with Crippen molar-refractivity contribution in [1.29, 1.82) is 0 Å². The van der Waals surface area contributed by atoms with Gasteiger partial charge in [0, 0.05) is 13.0 Å². The lowest BCUT2D eigenvalue weighted by molar-refractivity contribution is -0.122. The quantitative estimate of drug-likeness (QED) is 0.605. The van der Waals surface area contributed by atoms with Gasteiger partial charge in [0.2, 0.25) is 5.91 Å². The molecule has 0 aromatic rings. The van der Waals surface area contributed by atoms with Gasteiger partial charge in [-0.1, -0.05) is 33.1 Å². The molecule has 0 heterocycles. The molecule has 20 heavy (non-hydrogen) atoms. The first-order valence-electron chi connectivity index (χ1n) is 8.05. The van der Waals surface area contributed by atoms with Crippen LogP contribution in [0.1, 0.15) is 71.6 Å². The zero-order chi connectivity index (χ0) is 14.1. The summed E-state index contributed by atoms with van der Waals surface area (Å²) in [6, 6.07) is 0. The van der Waals surface area contributed by atoms with Crippen LogP contribution in [0.5, 0.6) is 0 Å². The maximum atomic E-state index is 11.8. The molecular formula is C16H33ClN2O. The summed E-state index contributed by atoms with van der Waals surface area (Å²) in [6.07, 6.45) is 10.2. The first kappa shape index (κ1) is 19.7. The number of hydrogen-bond acceptors (Lipinski definition) is 2. The minimum Gasteiger partial charge on any atom is -0.356 e. The molecule has 1 fully saturated rings. The van der Waals surface area contributed by atoms with Crippen molar-refractivity contribution in [3.63, 3.8) is 0 Å². The van der Waals surface area contributed by atoms with Gasteiger partial charge in [-0.25, -0.2) is 0 Å². The Morgan fingerprint density at radius 1 is 1.20 bits per heavy atom. The molecule has 0 aromatic heterocycles. The average molecular weight is 305 g/mol. The Morgan fingerprint density at radius 2 is 1.85 bits per heavy atom. The van der Waals surface area contributed by atoms with Crippen LogP contribution in [0.3, 0.4) is 0 Å². The maximum absolute atomic E-state index is 11.8. The van der Waals surface area contributed by atoms with Gasteiger partial charge in [0.15, 0.2) is 0 Å². The molecule has 0 aromatic carbocycles. The minimum absolute atomic E-state index is 0. The summed E-state index contributed by atoms with van der Waals surface area (Å²) in [5.41, 5.74) is 5.87. The minimum atomic E-state index is 0. The highest BCUT2D eigenvalue weighted by atomic mass is 35.5. The normalized spacial score (nSPS) is 16.4. The van der Waals surface area contributed by atoms with E-state index in [2.05, 4.69) is 19.2 Å².